The second-order valence-corrected chi connectivity index (χ2v) is 21.8. The number of aromatic hydroxyl groups is 1. The third-order valence-electron chi connectivity index (χ3n) is 16.2. The third kappa shape index (κ3) is 11.5. The number of hydrogen-bond donors (Lipinski definition) is 6. The predicted octanol–water partition coefficient (Wildman–Crippen LogP) is 4.18. The Balaban J connectivity index is 0.686. The Kier molecular flexibility index (Phi) is 16.6. The van der Waals surface area contributed by atoms with Gasteiger partial charge in [-0.25, -0.2) is 0 Å². The zero-order chi connectivity index (χ0) is 53.1. The molecule has 2 aromatic carbocycles. The van der Waals surface area contributed by atoms with Gasteiger partial charge in [0.2, 0.25) is 6.29 Å². The molecule has 0 aromatic heterocycles. The number of allylic oxidation sites excluding steroid dienone is 1. The highest BCUT2D eigenvalue weighted by Crippen LogP contribution is 2.46. The Morgan fingerprint density at radius 2 is 1.05 bits per heavy atom. The third-order valence-corrected chi connectivity index (χ3v) is 16.2. The van der Waals surface area contributed by atoms with Crippen molar-refractivity contribution in [1.82, 2.24) is 0 Å². The van der Waals surface area contributed by atoms with E-state index in [2.05, 4.69) is 0 Å². The molecule has 22 atom stereocenters. The molecule has 22 unspecified atom stereocenters. The maximum absolute atomic E-state index is 14.2. The number of Topliss-reactive ketones (excluding diaryl/α,β-unsaturated/α-hetero) is 2. The van der Waals surface area contributed by atoms with E-state index in [-0.39, 0.29) is 89.1 Å². The van der Waals surface area contributed by atoms with Crippen molar-refractivity contribution in [2.45, 2.75) is 248 Å². The van der Waals surface area contributed by atoms with E-state index in [0.29, 0.717) is 50.5 Å². The van der Waals surface area contributed by atoms with Gasteiger partial charge in [-0.15, -0.1) is 0 Å². The fraction of sp³-hybridized carbons (Fsp3) is 0.709. The number of benzene rings is 2. The summed E-state index contributed by atoms with van der Waals surface area (Å²) in [5, 5.41) is 65.7. The molecule has 2 aliphatic carbocycles. The monoisotopic (exact) mass is 1050 g/mol. The van der Waals surface area contributed by atoms with Crippen molar-refractivity contribution in [3.8, 4) is 11.5 Å². The molecule has 10 rings (SSSR count). The van der Waals surface area contributed by atoms with Crippen molar-refractivity contribution in [2.75, 3.05) is 0 Å². The average molecular weight is 1060 g/mol. The number of ketones is 2. The van der Waals surface area contributed by atoms with Crippen LogP contribution in [0.25, 0.3) is 5.57 Å². The first-order chi connectivity index (χ1) is 35.8. The number of rotatable bonds is 12. The summed E-state index contributed by atoms with van der Waals surface area (Å²) in [6.45, 7) is 12.7. The van der Waals surface area contributed by atoms with Gasteiger partial charge in [-0.1, -0.05) is 18.2 Å². The van der Waals surface area contributed by atoms with Crippen LogP contribution < -0.4 is 4.74 Å². The number of carbonyl (C=O) groups is 2. The Morgan fingerprint density at radius 1 is 0.520 bits per heavy atom. The second kappa shape index (κ2) is 22.7. The minimum atomic E-state index is -1.28. The normalized spacial score (nSPS) is 42.4. The van der Waals surface area contributed by atoms with Gasteiger partial charge in [0.1, 0.15) is 29.8 Å². The summed E-state index contributed by atoms with van der Waals surface area (Å²) < 4.78 is 74.8. The number of ether oxygens (including phenoxy) is 12. The molecule has 0 radical (unpaired) electrons. The van der Waals surface area contributed by atoms with Gasteiger partial charge in [-0.2, -0.15) is 0 Å². The second-order valence-electron chi connectivity index (χ2n) is 21.8. The molecule has 20 heteroatoms. The number of hydrogen-bond acceptors (Lipinski definition) is 20. The highest BCUT2D eigenvalue weighted by atomic mass is 16.8. The van der Waals surface area contributed by atoms with Crippen LogP contribution in [0.3, 0.4) is 0 Å². The number of aliphatic hydroxyl groups excluding tert-OH is 5. The number of carbonyl (C=O) groups excluding carboxylic acids is 2. The van der Waals surface area contributed by atoms with Gasteiger partial charge in [-0.05, 0) is 91.0 Å². The number of phenolic OH excluding ortho intramolecular Hbond substituents is 1. The summed E-state index contributed by atoms with van der Waals surface area (Å²) >= 11 is 0. The van der Waals surface area contributed by atoms with E-state index in [1.54, 1.807) is 46.8 Å². The summed E-state index contributed by atoms with van der Waals surface area (Å²) in [6, 6.07) is 7.92. The van der Waals surface area contributed by atoms with Crippen LogP contribution in [0.2, 0.25) is 0 Å². The minimum absolute atomic E-state index is 0.0222. The minimum Gasteiger partial charge on any atom is -0.507 e. The molecule has 414 valence electrons. The van der Waals surface area contributed by atoms with Gasteiger partial charge in [0.05, 0.1) is 84.9 Å². The number of phenols is 1. The van der Waals surface area contributed by atoms with Crippen molar-refractivity contribution >= 4 is 17.1 Å². The molecule has 20 nitrogen and oxygen atoms in total. The molecule has 6 N–H and O–H groups in total. The van der Waals surface area contributed by atoms with Crippen molar-refractivity contribution in [2.24, 2.45) is 0 Å². The van der Waals surface area contributed by atoms with E-state index in [0.717, 1.165) is 5.56 Å². The van der Waals surface area contributed by atoms with Gasteiger partial charge in [0, 0.05) is 67.2 Å². The maximum atomic E-state index is 14.2. The lowest BCUT2D eigenvalue weighted by molar-refractivity contribution is -0.333. The van der Waals surface area contributed by atoms with E-state index >= 15 is 0 Å². The van der Waals surface area contributed by atoms with Crippen molar-refractivity contribution < 1.29 is 97.1 Å². The summed E-state index contributed by atoms with van der Waals surface area (Å²) in [4.78, 5) is 28.2. The topological polar surface area (TPSA) is 266 Å². The van der Waals surface area contributed by atoms with Crippen LogP contribution in [0, 0.1) is 6.92 Å². The maximum Gasteiger partial charge on any atom is 0.202 e. The van der Waals surface area contributed by atoms with Crippen molar-refractivity contribution in [1.29, 1.82) is 0 Å². The van der Waals surface area contributed by atoms with Gasteiger partial charge in [-0.3, -0.25) is 9.59 Å². The molecule has 0 spiro atoms. The molecule has 6 fully saturated rings. The molecule has 0 saturated carbocycles. The summed E-state index contributed by atoms with van der Waals surface area (Å²) in [7, 11) is 0. The Morgan fingerprint density at radius 3 is 1.64 bits per heavy atom. The molecule has 0 bridgehead atoms. The molecular weight excluding hydrogens is 981 g/mol. The molecule has 6 saturated heterocycles. The van der Waals surface area contributed by atoms with Crippen LogP contribution in [0.5, 0.6) is 11.5 Å². The Hall–Kier alpha value is -3.52. The highest BCUT2D eigenvalue weighted by Gasteiger charge is 2.48. The molecule has 0 amide bonds. The molecular formula is C55H74O20. The Bertz CT molecular complexity index is 2400. The number of aliphatic hydroxyl groups is 5. The first-order valence-corrected chi connectivity index (χ1v) is 26.9. The molecule has 8 aliphatic rings. The fourth-order valence-electron chi connectivity index (χ4n) is 12.0. The van der Waals surface area contributed by atoms with E-state index in [4.69, 9.17) is 56.8 Å². The number of aryl methyl sites for hydroxylation is 1. The number of fused-ring (bicyclic) bond motifs is 3. The molecule has 6 heterocycles. The van der Waals surface area contributed by atoms with Gasteiger partial charge < -0.3 is 87.5 Å². The van der Waals surface area contributed by atoms with E-state index in [1.807, 2.05) is 13.8 Å². The summed E-state index contributed by atoms with van der Waals surface area (Å²) in [5.74, 6) is -1.21. The largest absolute Gasteiger partial charge is 0.507 e. The zero-order valence-electron chi connectivity index (χ0n) is 43.6. The first kappa shape index (κ1) is 54.8. The lowest BCUT2D eigenvalue weighted by atomic mass is 9.73. The SMILES string of the molecule is Cc1cc(O)c2c(c1)CC(O)C1=C2C(=O)c2cccc(OC3CC(O)C(OC4CC(OC5CCC(OC6CCC(OC7CC(OC8CCC(O)C(C)O8)C(O)C(C)O7)C(C)O6)C(C)O5)C(O)C(C)O4)C(C)O3)c2C1=O. The standard InChI is InChI=1S/C55H74O20/c1-23-17-30-19-34(58)49-50(47(30)33(57)18-23)53(62)31-9-8-10-38(48(31)54(49)63)72-44-20-35(59)55(29(7)69-44)75-46-22-40(52(61)28(6)68-46)74-43-16-12-36(25(3)66-43)70-42-15-13-37(26(4)65-42)71-45-21-39(51(60)27(5)67-45)73-41-14-11-32(56)24(2)64-41/h8-10,17-18,24-29,32,34-37,39-46,51-52,55-61H,11-16,19-22H2,1-7H3. The van der Waals surface area contributed by atoms with Crippen molar-refractivity contribution in [3.63, 3.8) is 0 Å². The van der Waals surface area contributed by atoms with Crippen molar-refractivity contribution in [3.05, 3.63) is 63.7 Å². The molecule has 6 aliphatic heterocycles. The summed E-state index contributed by atoms with van der Waals surface area (Å²) in [5.41, 5.74) is 1.48. The van der Waals surface area contributed by atoms with Crippen LogP contribution >= 0.6 is 0 Å². The zero-order valence-corrected chi connectivity index (χ0v) is 43.6. The van der Waals surface area contributed by atoms with Crippen LogP contribution in [-0.2, 0) is 58.5 Å². The Labute approximate surface area is 436 Å². The van der Waals surface area contributed by atoms with Gasteiger partial charge >= 0.3 is 0 Å². The quantitative estimate of drug-likeness (QED) is 0.174. The van der Waals surface area contributed by atoms with Crippen LogP contribution in [-0.4, -0.2) is 178 Å². The fourth-order valence-corrected chi connectivity index (χ4v) is 12.0. The average Bonchev–Trinajstić information content (AvgIpc) is 3.38. The smallest absolute Gasteiger partial charge is 0.202 e. The van der Waals surface area contributed by atoms with Crippen LogP contribution in [0.1, 0.15) is 137 Å². The molecule has 2 aromatic rings. The van der Waals surface area contributed by atoms with Crippen LogP contribution in [0.4, 0.5) is 0 Å². The molecule has 75 heavy (non-hydrogen) atoms. The lowest BCUT2D eigenvalue weighted by Crippen LogP contribution is -2.55. The first-order valence-electron chi connectivity index (χ1n) is 26.9. The van der Waals surface area contributed by atoms with E-state index < -0.39 is 116 Å². The predicted molar refractivity (Wildman–Crippen MR) is 261 cm³/mol. The van der Waals surface area contributed by atoms with E-state index in [1.165, 1.54) is 18.2 Å². The lowest BCUT2D eigenvalue weighted by Gasteiger charge is -2.45. The van der Waals surface area contributed by atoms with Gasteiger partial charge in [0.15, 0.2) is 43.0 Å². The highest BCUT2D eigenvalue weighted by molar-refractivity contribution is 6.42. The van der Waals surface area contributed by atoms with E-state index in [9.17, 15) is 40.2 Å². The summed E-state index contributed by atoms with van der Waals surface area (Å²) in [6.07, 6.45) is -11.0. The van der Waals surface area contributed by atoms with Gasteiger partial charge in [0.25, 0.3) is 0 Å². The van der Waals surface area contributed by atoms with Crippen LogP contribution in [0.15, 0.2) is 35.9 Å².